The van der Waals surface area contributed by atoms with Crippen LogP contribution < -0.4 is 0 Å². The Bertz CT molecular complexity index is 1240. The Morgan fingerprint density at radius 3 is 2.71 bits per heavy atom. The lowest BCUT2D eigenvalue weighted by Crippen LogP contribution is -2.26. The summed E-state index contributed by atoms with van der Waals surface area (Å²) in [6.45, 7) is 6.56. The molecule has 0 N–H and O–H groups in total. The number of aromatic nitrogens is 2. The van der Waals surface area contributed by atoms with E-state index in [-0.39, 0.29) is 0 Å². The van der Waals surface area contributed by atoms with Gasteiger partial charge in [-0.25, -0.2) is 0 Å². The molecule has 3 nitrogen and oxygen atoms in total. The van der Waals surface area contributed by atoms with E-state index >= 15 is 0 Å². The fourth-order valence-corrected chi connectivity index (χ4v) is 4.56. The molecule has 1 aliphatic heterocycles. The molecule has 28 heavy (non-hydrogen) atoms. The van der Waals surface area contributed by atoms with Gasteiger partial charge < -0.3 is 14.0 Å². The highest BCUT2D eigenvalue weighted by Gasteiger charge is 2.21. The van der Waals surface area contributed by atoms with E-state index in [9.17, 15) is 0 Å². The van der Waals surface area contributed by atoms with E-state index in [0.29, 0.717) is 0 Å². The van der Waals surface area contributed by atoms with Crippen molar-refractivity contribution < 1.29 is 0 Å². The number of allylic oxidation sites excluding steroid dienone is 1. The van der Waals surface area contributed by atoms with E-state index < -0.39 is 0 Å². The zero-order valence-corrected chi connectivity index (χ0v) is 17.2. The van der Waals surface area contributed by atoms with Crippen LogP contribution in [0.15, 0.2) is 48.7 Å². The van der Waals surface area contributed by atoms with Crippen LogP contribution >= 0.6 is 0 Å². The second-order valence-electron chi connectivity index (χ2n) is 8.32. The molecule has 0 atom stereocenters. The molecule has 0 radical (unpaired) electrons. The molecule has 0 fully saturated rings. The molecule has 2 aromatic carbocycles. The number of hydrogen-bond acceptors (Lipinski definition) is 1. The van der Waals surface area contributed by atoms with Gasteiger partial charge in [0.1, 0.15) is 0 Å². The van der Waals surface area contributed by atoms with Crippen molar-refractivity contribution in [2.24, 2.45) is 7.05 Å². The molecule has 3 heteroatoms. The lowest BCUT2D eigenvalue weighted by molar-refractivity contribution is 0.312. The van der Waals surface area contributed by atoms with Gasteiger partial charge in [-0.2, -0.15) is 0 Å². The standard InChI is InChI=1S/C25H27N3/c1-17-5-8-23-21(13-17)22-16-26(3)11-10-24(22)28(23)15-18(2)20-7-6-19-9-12-27(4)25(19)14-20/h5-9,12-15H,10-11,16H2,1-4H3/b18-15-. The SMILES string of the molecule is C/C(=C/n1c2c(c3cc(C)ccc31)CN(C)CC2)c1ccc2ccn(C)c2c1. The van der Waals surface area contributed by atoms with Gasteiger partial charge in [-0.15, -0.1) is 0 Å². The second-order valence-corrected chi connectivity index (χ2v) is 8.32. The first-order chi connectivity index (χ1) is 13.5. The summed E-state index contributed by atoms with van der Waals surface area (Å²) in [5.41, 5.74) is 9.47. The van der Waals surface area contributed by atoms with Gasteiger partial charge in [0.2, 0.25) is 0 Å². The first kappa shape index (κ1) is 17.3. The predicted octanol–water partition coefficient (Wildman–Crippen LogP) is 5.45. The average molecular weight is 370 g/mol. The highest BCUT2D eigenvalue weighted by Crippen LogP contribution is 2.33. The normalized spacial score (nSPS) is 15.5. The van der Waals surface area contributed by atoms with Gasteiger partial charge >= 0.3 is 0 Å². The number of fused-ring (bicyclic) bond motifs is 4. The third-order valence-electron chi connectivity index (χ3n) is 6.20. The lowest BCUT2D eigenvalue weighted by Gasteiger charge is -2.23. The Balaban J connectivity index is 1.68. The third-order valence-corrected chi connectivity index (χ3v) is 6.20. The Kier molecular flexibility index (Phi) is 3.95. The molecule has 0 bridgehead atoms. The molecule has 2 aromatic heterocycles. The van der Waals surface area contributed by atoms with Crippen LogP contribution in [0.2, 0.25) is 0 Å². The number of hydrogen-bond donors (Lipinski definition) is 0. The Labute approximate surface area is 166 Å². The van der Waals surface area contributed by atoms with Crippen molar-refractivity contribution in [3.05, 3.63) is 71.0 Å². The Morgan fingerprint density at radius 1 is 1.00 bits per heavy atom. The van der Waals surface area contributed by atoms with E-state index in [1.165, 1.54) is 49.8 Å². The summed E-state index contributed by atoms with van der Waals surface area (Å²) in [6.07, 6.45) is 5.56. The topological polar surface area (TPSA) is 13.1 Å². The van der Waals surface area contributed by atoms with Gasteiger partial charge in [-0.3, -0.25) is 0 Å². The van der Waals surface area contributed by atoms with Crippen LogP contribution in [-0.4, -0.2) is 27.6 Å². The monoisotopic (exact) mass is 369 g/mol. The molecule has 0 spiro atoms. The molecule has 5 rings (SSSR count). The summed E-state index contributed by atoms with van der Waals surface area (Å²) in [6, 6.07) is 15.8. The first-order valence-corrected chi connectivity index (χ1v) is 10.1. The van der Waals surface area contributed by atoms with Gasteiger partial charge in [0.25, 0.3) is 0 Å². The largest absolute Gasteiger partial charge is 0.351 e. The summed E-state index contributed by atoms with van der Waals surface area (Å²) >= 11 is 0. The third kappa shape index (κ3) is 2.70. The first-order valence-electron chi connectivity index (χ1n) is 10.1. The Morgan fingerprint density at radius 2 is 1.86 bits per heavy atom. The molecule has 3 heterocycles. The minimum atomic E-state index is 1.03. The summed E-state index contributed by atoms with van der Waals surface area (Å²) < 4.78 is 4.64. The van der Waals surface area contributed by atoms with Crippen LogP contribution in [0.3, 0.4) is 0 Å². The number of aryl methyl sites for hydroxylation is 2. The zero-order valence-electron chi connectivity index (χ0n) is 17.2. The van der Waals surface area contributed by atoms with Gasteiger partial charge in [0.05, 0.1) is 5.52 Å². The fourth-order valence-electron chi connectivity index (χ4n) is 4.56. The van der Waals surface area contributed by atoms with Gasteiger partial charge in [0, 0.05) is 55.6 Å². The van der Waals surface area contributed by atoms with Gasteiger partial charge in [0.15, 0.2) is 0 Å². The molecule has 142 valence electrons. The molecule has 0 aliphatic carbocycles. The number of rotatable bonds is 2. The predicted molar refractivity (Wildman–Crippen MR) is 119 cm³/mol. The second kappa shape index (κ2) is 6.39. The maximum atomic E-state index is 2.45. The Hall–Kier alpha value is -2.78. The molecule has 4 aromatic rings. The average Bonchev–Trinajstić information content (AvgIpc) is 3.19. The van der Waals surface area contributed by atoms with Crippen molar-refractivity contribution >= 4 is 33.6 Å². The van der Waals surface area contributed by atoms with Crippen LogP contribution in [0.1, 0.15) is 29.3 Å². The van der Waals surface area contributed by atoms with Crippen molar-refractivity contribution in [3.63, 3.8) is 0 Å². The number of likely N-dealkylation sites (N-methyl/N-ethyl adjacent to an activating group) is 1. The smallest absolute Gasteiger partial charge is 0.0529 e. The van der Waals surface area contributed by atoms with E-state index in [1.807, 2.05) is 0 Å². The lowest BCUT2D eigenvalue weighted by atomic mass is 10.0. The molecule has 0 saturated heterocycles. The van der Waals surface area contributed by atoms with Gasteiger partial charge in [-0.05, 0) is 67.2 Å². The van der Waals surface area contributed by atoms with E-state index in [0.717, 1.165) is 19.5 Å². The van der Waals surface area contributed by atoms with Crippen LogP contribution in [0.4, 0.5) is 0 Å². The van der Waals surface area contributed by atoms with Crippen molar-refractivity contribution in [1.82, 2.24) is 14.0 Å². The number of nitrogens with zero attached hydrogens (tertiary/aromatic N) is 3. The van der Waals surface area contributed by atoms with Crippen LogP contribution in [0, 0.1) is 6.92 Å². The zero-order chi connectivity index (χ0) is 19.4. The van der Waals surface area contributed by atoms with E-state index in [4.69, 9.17) is 0 Å². The summed E-state index contributed by atoms with van der Waals surface area (Å²) in [5, 5.41) is 2.70. The van der Waals surface area contributed by atoms with E-state index in [1.54, 1.807) is 0 Å². The van der Waals surface area contributed by atoms with Crippen molar-refractivity contribution in [2.75, 3.05) is 13.6 Å². The molecule has 1 aliphatic rings. The summed E-state index contributed by atoms with van der Waals surface area (Å²) in [7, 11) is 4.33. The van der Waals surface area contributed by atoms with Crippen molar-refractivity contribution in [1.29, 1.82) is 0 Å². The maximum Gasteiger partial charge on any atom is 0.0529 e. The molecule has 0 saturated carbocycles. The fraction of sp³-hybridized carbons (Fsp3) is 0.280. The summed E-state index contributed by atoms with van der Waals surface area (Å²) in [5.74, 6) is 0. The minimum absolute atomic E-state index is 1.03. The molecule has 0 amide bonds. The van der Waals surface area contributed by atoms with E-state index in [2.05, 4.69) is 96.8 Å². The van der Waals surface area contributed by atoms with Crippen LogP contribution in [0.5, 0.6) is 0 Å². The summed E-state index contributed by atoms with van der Waals surface area (Å²) in [4.78, 5) is 2.42. The molecular weight excluding hydrogens is 342 g/mol. The molecule has 0 unspecified atom stereocenters. The van der Waals surface area contributed by atoms with Crippen LogP contribution in [-0.2, 0) is 20.0 Å². The van der Waals surface area contributed by atoms with Crippen molar-refractivity contribution in [3.8, 4) is 0 Å². The highest BCUT2D eigenvalue weighted by molar-refractivity contribution is 5.91. The molecular formula is C25H27N3. The maximum absolute atomic E-state index is 2.45. The minimum Gasteiger partial charge on any atom is -0.351 e. The van der Waals surface area contributed by atoms with Gasteiger partial charge in [-0.1, -0.05) is 23.8 Å². The number of benzene rings is 2. The quantitative estimate of drug-likeness (QED) is 0.458. The van der Waals surface area contributed by atoms with Crippen molar-refractivity contribution in [2.45, 2.75) is 26.8 Å². The highest BCUT2D eigenvalue weighted by atomic mass is 15.1. The van der Waals surface area contributed by atoms with Crippen LogP contribution in [0.25, 0.3) is 33.6 Å².